The molecule has 1 aromatic heterocycles. The predicted octanol–water partition coefficient (Wildman–Crippen LogP) is 3.50. The van der Waals surface area contributed by atoms with Gasteiger partial charge in [-0.05, 0) is 31.5 Å². The van der Waals surface area contributed by atoms with Gasteiger partial charge in [-0.2, -0.15) is 10.4 Å². The van der Waals surface area contributed by atoms with Crippen molar-refractivity contribution in [2.45, 2.75) is 13.8 Å². The fourth-order valence-electron chi connectivity index (χ4n) is 1.56. The van der Waals surface area contributed by atoms with Gasteiger partial charge < -0.3 is 5.32 Å². The van der Waals surface area contributed by atoms with Crippen LogP contribution < -0.4 is 5.32 Å². The van der Waals surface area contributed by atoms with Crippen molar-refractivity contribution in [1.29, 1.82) is 5.26 Å². The van der Waals surface area contributed by atoms with Gasteiger partial charge in [-0.25, -0.2) is 4.39 Å². The average molecular weight is 277 g/mol. The largest absolute Gasteiger partial charge is 0.335 e. The van der Waals surface area contributed by atoms with E-state index in [0.29, 0.717) is 16.8 Å². The minimum atomic E-state index is -0.590. The maximum atomic E-state index is 13.8. The quantitative estimate of drug-likeness (QED) is 0.912. The summed E-state index contributed by atoms with van der Waals surface area (Å²) in [6.45, 7) is 3.52. The first-order valence-corrected chi connectivity index (χ1v) is 5.87. The number of halogens is 2. The van der Waals surface area contributed by atoms with Crippen LogP contribution in [0.5, 0.6) is 0 Å². The van der Waals surface area contributed by atoms with E-state index >= 15 is 0 Å². The molecule has 0 saturated carbocycles. The molecule has 0 aliphatic carbocycles. The molecule has 0 aliphatic rings. The van der Waals surface area contributed by atoms with Crippen molar-refractivity contribution in [3.8, 4) is 6.07 Å². The molecule has 0 amide bonds. The van der Waals surface area contributed by atoms with E-state index in [1.54, 1.807) is 19.9 Å². The Balaban J connectivity index is 2.48. The Morgan fingerprint density at radius 1 is 1.32 bits per heavy atom. The molecule has 19 heavy (non-hydrogen) atoms. The standard InChI is InChI=1S/C13H10ClFN4/c1-7-8(2)18-19-13(9(7)6-16)17-11-5-3-4-10(14)12(11)15/h3-5H,1-2H3,(H,17,19). The lowest BCUT2D eigenvalue weighted by atomic mass is 10.1. The third-order valence-electron chi connectivity index (χ3n) is 2.77. The summed E-state index contributed by atoms with van der Waals surface area (Å²) in [6, 6.07) is 6.60. The van der Waals surface area contributed by atoms with E-state index in [-0.39, 0.29) is 16.5 Å². The van der Waals surface area contributed by atoms with Crippen LogP contribution in [0.1, 0.15) is 16.8 Å². The van der Waals surface area contributed by atoms with E-state index in [9.17, 15) is 4.39 Å². The molecule has 6 heteroatoms. The molecule has 0 unspecified atom stereocenters. The molecule has 0 radical (unpaired) electrons. The fraction of sp³-hybridized carbons (Fsp3) is 0.154. The molecular weight excluding hydrogens is 267 g/mol. The third kappa shape index (κ3) is 2.49. The molecule has 0 aliphatic heterocycles. The number of anilines is 2. The van der Waals surface area contributed by atoms with Crippen LogP contribution in [0.25, 0.3) is 0 Å². The number of hydrogen-bond acceptors (Lipinski definition) is 4. The Morgan fingerprint density at radius 3 is 2.74 bits per heavy atom. The van der Waals surface area contributed by atoms with Crippen molar-refractivity contribution in [3.05, 3.63) is 45.9 Å². The van der Waals surface area contributed by atoms with Crippen LogP contribution in [0.3, 0.4) is 0 Å². The Kier molecular flexibility index (Phi) is 3.63. The number of nitrogens with one attached hydrogen (secondary N) is 1. The van der Waals surface area contributed by atoms with Gasteiger partial charge in [0.2, 0.25) is 0 Å². The van der Waals surface area contributed by atoms with Crippen molar-refractivity contribution >= 4 is 23.1 Å². The zero-order valence-corrected chi connectivity index (χ0v) is 11.1. The molecule has 0 fully saturated rings. The van der Waals surface area contributed by atoms with E-state index in [4.69, 9.17) is 16.9 Å². The van der Waals surface area contributed by atoms with Crippen molar-refractivity contribution in [3.63, 3.8) is 0 Å². The number of rotatable bonds is 2. The van der Waals surface area contributed by atoms with Gasteiger partial charge in [0, 0.05) is 0 Å². The maximum Gasteiger partial charge on any atom is 0.171 e. The Hall–Kier alpha value is -2.19. The zero-order valence-electron chi connectivity index (χ0n) is 10.3. The number of nitrogens with zero attached hydrogens (tertiary/aromatic N) is 3. The van der Waals surface area contributed by atoms with Gasteiger partial charge in [0.25, 0.3) is 0 Å². The minimum absolute atomic E-state index is 0.000278. The third-order valence-corrected chi connectivity index (χ3v) is 3.06. The summed E-state index contributed by atoms with van der Waals surface area (Å²) in [5.41, 5.74) is 1.87. The normalized spacial score (nSPS) is 10.1. The van der Waals surface area contributed by atoms with E-state index < -0.39 is 5.82 Å². The van der Waals surface area contributed by atoms with Crippen LogP contribution in [-0.2, 0) is 0 Å². The highest BCUT2D eigenvalue weighted by Crippen LogP contribution is 2.26. The minimum Gasteiger partial charge on any atom is -0.335 e. The molecule has 0 spiro atoms. The van der Waals surface area contributed by atoms with Crippen molar-refractivity contribution in [2.75, 3.05) is 5.32 Å². The molecule has 0 atom stereocenters. The van der Waals surface area contributed by atoms with Gasteiger partial charge in [-0.3, -0.25) is 0 Å². The Bertz CT molecular complexity index is 679. The molecule has 2 aromatic rings. The summed E-state index contributed by atoms with van der Waals surface area (Å²) in [5, 5.41) is 19.7. The van der Waals surface area contributed by atoms with Crippen LogP contribution in [0.15, 0.2) is 18.2 Å². The number of hydrogen-bond donors (Lipinski definition) is 1. The first kappa shape index (κ1) is 13.2. The lowest BCUT2D eigenvalue weighted by Crippen LogP contribution is -2.04. The van der Waals surface area contributed by atoms with Gasteiger partial charge in [0.05, 0.1) is 16.4 Å². The lowest BCUT2D eigenvalue weighted by Gasteiger charge is -2.10. The molecule has 0 bridgehead atoms. The number of nitriles is 1. The summed E-state index contributed by atoms with van der Waals surface area (Å²) >= 11 is 5.69. The molecule has 1 heterocycles. The highest BCUT2D eigenvalue weighted by molar-refractivity contribution is 6.31. The van der Waals surface area contributed by atoms with E-state index in [0.717, 1.165) is 0 Å². The summed E-state index contributed by atoms with van der Waals surface area (Å²) in [5.74, 6) is -0.375. The second kappa shape index (κ2) is 5.21. The first-order chi connectivity index (χ1) is 9.04. The Morgan fingerprint density at radius 2 is 2.05 bits per heavy atom. The van der Waals surface area contributed by atoms with Gasteiger partial charge in [-0.15, -0.1) is 5.10 Å². The number of benzene rings is 1. The van der Waals surface area contributed by atoms with Gasteiger partial charge >= 0.3 is 0 Å². The van der Waals surface area contributed by atoms with E-state index in [1.165, 1.54) is 12.1 Å². The van der Waals surface area contributed by atoms with E-state index in [2.05, 4.69) is 15.5 Å². The lowest BCUT2D eigenvalue weighted by molar-refractivity contribution is 0.632. The van der Waals surface area contributed by atoms with Crippen LogP contribution in [0.4, 0.5) is 15.9 Å². The number of aryl methyl sites for hydroxylation is 1. The molecule has 4 nitrogen and oxygen atoms in total. The Labute approximate surface area is 114 Å². The highest BCUT2D eigenvalue weighted by Gasteiger charge is 2.13. The maximum absolute atomic E-state index is 13.8. The van der Waals surface area contributed by atoms with E-state index in [1.807, 2.05) is 6.07 Å². The molecule has 96 valence electrons. The summed E-state index contributed by atoms with van der Waals surface area (Å²) < 4.78 is 13.8. The summed E-state index contributed by atoms with van der Waals surface area (Å²) in [4.78, 5) is 0. The molecule has 1 N–H and O–H groups in total. The second-order valence-corrected chi connectivity index (χ2v) is 4.38. The topological polar surface area (TPSA) is 61.6 Å². The zero-order chi connectivity index (χ0) is 14.0. The van der Waals surface area contributed by atoms with Crippen molar-refractivity contribution < 1.29 is 4.39 Å². The molecule has 0 saturated heterocycles. The van der Waals surface area contributed by atoms with Crippen LogP contribution in [0.2, 0.25) is 5.02 Å². The van der Waals surface area contributed by atoms with Crippen molar-refractivity contribution in [1.82, 2.24) is 10.2 Å². The van der Waals surface area contributed by atoms with Gasteiger partial charge in [0.1, 0.15) is 11.6 Å². The van der Waals surface area contributed by atoms with Crippen LogP contribution in [0, 0.1) is 31.0 Å². The molecule has 1 aromatic carbocycles. The fourth-order valence-corrected chi connectivity index (χ4v) is 1.74. The molecular formula is C13H10ClFN4. The van der Waals surface area contributed by atoms with Gasteiger partial charge in [-0.1, -0.05) is 17.7 Å². The predicted molar refractivity (Wildman–Crippen MR) is 70.9 cm³/mol. The average Bonchev–Trinajstić information content (AvgIpc) is 2.39. The first-order valence-electron chi connectivity index (χ1n) is 5.49. The second-order valence-electron chi connectivity index (χ2n) is 3.97. The SMILES string of the molecule is Cc1nnc(Nc2cccc(Cl)c2F)c(C#N)c1C. The number of aromatic nitrogens is 2. The van der Waals surface area contributed by atoms with Crippen LogP contribution >= 0.6 is 11.6 Å². The highest BCUT2D eigenvalue weighted by atomic mass is 35.5. The van der Waals surface area contributed by atoms with Gasteiger partial charge in [0.15, 0.2) is 11.6 Å². The van der Waals surface area contributed by atoms with Crippen molar-refractivity contribution in [2.24, 2.45) is 0 Å². The smallest absolute Gasteiger partial charge is 0.171 e. The molecule has 2 rings (SSSR count). The summed E-state index contributed by atoms with van der Waals surface area (Å²) in [7, 11) is 0. The summed E-state index contributed by atoms with van der Waals surface area (Å²) in [6.07, 6.45) is 0. The van der Waals surface area contributed by atoms with Crippen LogP contribution in [-0.4, -0.2) is 10.2 Å². The monoisotopic (exact) mass is 276 g/mol.